The lowest BCUT2D eigenvalue weighted by molar-refractivity contribution is -0.130. The van der Waals surface area contributed by atoms with E-state index >= 15 is 0 Å². The maximum Gasteiger partial charge on any atom is 0.327 e. The van der Waals surface area contributed by atoms with Crippen molar-refractivity contribution >= 4 is 23.9 Å². The van der Waals surface area contributed by atoms with Gasteiger partial charge in [-0.2, -0.15) is 0 Å². The number of piperazine rings is 1. The van der Waals surface area contributed by atoms with Gasteiger partial charge in [0.25, 0.3) is 5.91 Å². The first kappa shape index (κ1) is 24.5. The van der Waals surface area contributed by atoms with Crippen LogP contribution in [0.5, 0.6) is 0 Å². The summed E-state index contributed by atoms with van der Waals surface area (Å²) in [5, 5.41) is 3.20. The highest BCUT2D eigenvalue weighted by atomic mass is 16.2. The van der Waals surface area contributed by atoms with Crippen LogP contribution in [0.15, 0.2) is 60.7 Å². The SMILES string of the molecule is CC(=O)N1CC[C@H](NC(=O)N2CCN3C(=O)N([C@H]4C[C@@H]4c4ccccc4)C(=O)[C@@H]3C2)[C@H](c2ccccc2)C1. The van der Waals surface area contributed by atoms with Crippen LogP contribution in [0.3, 0.4) is 0 Å². The average Bonchev–Trinajstić information content (AvgIpc) is 3.69. The van der Waals surface area contributed by atoms with Gasteiger partial charge in [0.2, 0.25) is 5.91 Å². The Morgan fingerprint density at radius 3 is 2.13 bits per heavy atom. The summed E-state index contributed by atoms with van der Waals surface area (Å²) < 4.78 is 0. The van der Waals surface area contributed by atoms with Gasteiger partial charge in [-0.15, -0.1) is 0 Å². The lowest BCUT2D eigenvalue weighted by atomic mass is 9.86. The van der Waals surface area contributed by atoms with Crippen LogP contribution in [0.4, 0.5) is 9.59 Å². The molecule has 6 amide bonds. The van der Waals surface area contributed by atoms with Crippen molar-refractivity contribution in [1.29, 1.82) is 0 Å². The summed E-state index contributed by atoms with van der Waals surface area (Å²) in [6.45, 7) is 3.63. The first-order chi connectivity index (χ1) is 18.4. The predicted octanol–water partition coefficient (Wildman–Crippen LogP) is 2.61. The molecule has 3 saturated heterocycles. The Morgan fingerprint density at radius 2 is 1.47 bits per heavy atom. The van der Waals surface area contributed by atoms with Crippen molar-refractivity contribution in [2.75, 3.05) is 32.7 Å². The van der Waals surface area contributed by atoms with Crippen molar-refractivity contribution < 1.29 is 19.2 Å². The number of fused-ring (bicyclic) bond motifs is 1. The molecule has 1 N–H and O–H groups in total. The number of urea groups is 2. The zero-order valence-corrected chi connectivity index (χ0v) is 21.5. The number of carbonyl (C=O) groups is 4. The number of imide groups is 1. The van der Waals surface area contributed by atoms with Gasteiger partial charge in [-0.1, -0.05) is 60.7 Å². The van der Waals surface area contributed by atoms with Gasteiger partial charge in [0, 0.05) is 57.0 Å². The summed E-state index contributed by atoms with van der Waals surface area (Å²) in [4.78, 5) is 58.6. The van der Waals surface area contributed by atoms with Gasteiger partial charge in [-0.05, 0) is 24.0 Å². The number of hydrogen-bond acceptors (Lipinski definition) is 4. The highest BCUT2D eigenvalue weighted by Gasteiger charge is 2.56. The second-order valence-corrected chi connectivity index (χ2v) is 10.8. The Hall–Kier alpha value is -3.88. The van der Waals surface area contributed by atoms with Crippen LogP contribution in [-0.4, -0.2) is 94.3 Å². The smallest absolute Gasteiger partial charge is 0.327 e. The van der Waals surface area contributed by atoms with Gasteiger partial charge in [0.1, 0.15) is 6.04 Å². The van der Waals surface area contributed by atoms with E-state index in [0.717, 1.165) is 17.5 Å². The minimum absolute atomic E-state index is 0.0194. The lowest BCUT2D eigenvalue weighted by Crippen LogP contribution is -2.59. The normalized spacial score (nSPS) is 28.8. The molecular formula is C29H33N5O4. The summed E-state index contributed by atoms with van der Waals surface area (Å²) in [5.74, 6) is -0.00600. The molecule has 0 spiro atoms. The molecule has 38 heavy (non-hydrogen) atoms. The molecule has 0 bridgehead atoms. The van der Waals surface area contributed by atoms with Gasteiger partial charge in [-0.3, -0.25) is 14.5 Å². The topological polar surface area (TPSA) is 93.3 Å². The number of hydrogen-bond donors (Lipinski definition) is 1. The molecule has 5 atom stereocenters. The number of piperidine rings is 1. The zero-order valence-electron chi connectivity index (χ0n) is 21.5. The highest BCUT2D eigenvalue weighted by molar-refractivity contribution is 6.05. The van der Waals surface area contributed by atoms with Crippen LogP contribution in [0.2, 0.25) is 0 Å². The summed E-state index contributed by atoms with van der Waals surface area (Å²) in [6.07, 6.45) is 1.44. The minimum Gasteiger partial charge on any atom is -0.342 e. The molecule has 0 aromatic heterocycles. The van der Waals surface area contributed by atoms with Gasteiger partial charge >= 0.3 is 12.1 Å². The summed E-state index contributed by atoms with van der Waals surface area (Å²) in [6, 6.07) is 18.6. The van der Waals surface area contributed by atoms with Crippen molar-refractivity contribution in [2.24, 2.45) is 0 Å². The minimum atomic E-state index is -0.636. The van der Waals surface area contributed by atoms with E-state index in [9.17, 15) is 19.2 Å². The molecule has 0 unspecified atom stereocenters. The van der Waals surface area contributed by atoms with Gasteiger partial charge in [0.15, 0.2) is 0 Å². The fourth-order valence-electron chi connectivity index (χ4n) is 6.33. The van der Waals surface area contributed by atoms with Crippen LogP contribution in [-0.2, 0) is 9.59 Å². The van der Waals surface area contributed by atoms with E-state index in [-0.39, 0.29) is 54.3 Å². The number of benzene rings is 2. The molecule has 9 nitrogen and oxygen atoms in total. The van der Waals surface area contributed by atoms with Crippen molar-refractivity contribution in [1.82, 2.24) is 24.9 Å². The van der Waals surface area contributed by atoms with E-state index in [1.54, 1.807) is 16.7 Å². The maximum absolute atomic E-state index is 13.4. The summed E-state index contributed by atoms with van der Waals surface area (Å²) in [7, 11) is 0. The van der Waals surface area contributed by atoms with E-state index in [2.05, 4.69) is 5.32 Å². The van der Waals surface area contributed by atoms with Crippen molar-refractivity contribution in [3.05, 3.63) is 71.8 Å². The third-order valence-corrected chi connectivity index (χ3v) is 8.55. The van der Waals surface area contributed by atoms with E-state index in [1.165, 1.54) is 4.90 Å². The zero-order chi connectivity index (χ0) is 26.4. The van der Waals surface area contributed by atoms with Crippen LogP contribution in [0, 0.1) is 0 Å². The quantitative estimate of drug-likeness (QED) is 0.634. The Balaban J connectivity index is 1.12. The number of likely N-dealkylation sites (tertiary alicyclic amines) is 1. The standard InChI is InChI=1S/C29H33N5O4/c1-19(35)31-13-12-24(23(17-31)21-10-6-3-7-11-21)30-28(37)32-14-15-33-26(18-32)27(36)34(29(33)38)25-16-22(25)20-8-4-2-5-9-20/h2-11,22-26H,12-18H2,1H3,(H,30,37)/t22-,23+,24+,25+,26+/m1/s1. The monoisotopic (exact) mass is 515 g/mol. The van der Waals surface area contributed by atoms with E-state index in [1.807, 2.05) is 65.6 Å². The fraction of sp³-hybridized carbons (Fsp3) is 0.448. The van der Waals surface area contributed by atoms with Crippen LogP contribution in [0.1, 0.15) is 42.7 Å². The third-order valence-electron chi connectivity index (χ3n) is 8.55. The van der Waals surface area contributed by atoms with Crippen molar-refractivity contribution in [3.63, 3.8) is 0 Å². The van der Waals surface area contributed by atoms with Gasteiger partial charge < -0.3 is 20.0 Å². The van der Waals surface area contributed by atoms with E-state index < -0.39 is 6.04 Å². The van der Waals surface area contributed by atoms with E-state index in [4.69, 9.17) is 0 Å². The van der Waals surface area contributed by atoms with Crippen LogP contribution >= 0.6 is 0 Å². The van der Waals surface area contributed by atoms with Gasteiger partial charge in [0.05, 0.1) is 6.54 Å². The molecule has 3 aliphatic heterocycles. The van der Waals surface area contributed by atoms with E-state index in [0.29, 0.717) is 32.6 Å². The largest absolute Gasteiger partial charge is 0.342 e. The molecule has 198 valence electrons. The maximum atomic E-state index is 13.4. The van der Waals surface area contributed by atoms with Crippen LogP contribution < -0.4 is 5.32 Å². The fourth-order valence-corrected chi connectivity index (χ4v) is 6.33. The molecule has 3 heterocycles. The highest BCUT2D eigenvalue weighted by Crippen LogP contribution is 2.46. The molecule has 9 heteroatoms. The molecule has 4 aliphatic rings. The van der Waals surface area contributed by atoms with Crippen molar-refractivity contribution in [2.45, 2.75) is 49.7 Å². The Bertz CT molecular complexity index is 1240. The number of nitrogens with one attached hydrogen (secondary N) is 1. The molecular weight excluding hydrogens is 482 g/mol. The number of nitrogens with zero attached hydrogens (tertiary/aromatic N) is 4. The second kappa shape index (κ2) is 9.78. The number of carbonyl (C=O) groups excluding carboxylic acids is 4. The van der Waals surface area contributed by atoms with Crippen molar-refractivity contribution in [3.8, 4) is 0 Å². The molecule has 4 fully saturated rings. The Morgan fingerprint density at radius 1 is 0.816 bits per heavy atom. The Labute approximate surface area is 222 Å². The molecule has 1 saturated carbocycles. The molecule has 0 radical (unpaired) electrons. The molecule has 6 rings (SSSR count). The predicted molar refractivity (Wildman–Crippen MR) is 140 cm³/mol. The average molecular weight is 516 g/mol. The second-order valence-electron chi connectivity index (χ2n) is 10.8. The molecule has 2 aromatic carbocycles. The molecule has 2 aromatic rings. The Kier molecular flexibility index (Phi) is 6.29. The summed E-state index contributed by atoms with van der Waals surface area (Å²) in [5.41, 5.74) is 2.23. The third kappa shape index (κ3) is 4.40. The first-order valence-corrected chi connectivity index (χ1v) is 13.5. The lowest BCUT2D eigenvalue weighted by Gasteiger charge is -2.41. The first-order valence-electron chi connectivity index (χ1n) is 13.5. The van der Waals surface area contributed by atoms with Gasteiger partial charge in [-0.25, -0.2) is 9.59 Å². The number of rotatable bonds is 4. The van der Waals surface area contributed by atoms with Crippen LogP contribution in [0.25, 0.3) is 0 Å². The molecule has 1 aliphatic carbocycles. The summed E-state index contributed by atoms with van der Waals surface area (Å²) >= 11 is 0. The number of amides is 6.